The Kier molecular flexibility index (Phi) is 24.8. The first-order chi connectivity index (χ1) is 38.1. The molecule has 0 aliphatic heterocycles. The van der Waals surface area contributed by atoms with Crippen molar-refractivity contribution in [1.29, 1.82) is 0 Å². The van der Waals surface area contributed by atoms with Gasteiger partial charge in [-0.3, -0.25) is 0 Å². The van der Waals surface area contributed by atoms with Gasteiger partial charge in [0.2, 0.25) is 0 Å². The van der Waals surface area contributed by atoms with E-state index in [1.807, 2.05) is 17.5 Å². The highest BCUT2D eigenvalue weighted by Gasteiger charge is 2.21. The van der Waals surface area contributed by atoms with Gasteiger partial charge >= 0.3 is 21.4 Å². The van der Waals surface area contributed by atoms with E-state index in [1.54, 1.807) is 113 Å². The van der Waals surface area contributed by atoms with E-state index in [9.17, 15) is 15.3 Å². The standard InChI is InChI=1S/C16H9Cl3O3.C16H9Cl3O2S.C12H8BCl3O4.2C4H5BO2S/c17-9-3-4-15(12(19)6-9)22-16-7-10(11(18)8-13(16)20)14-2-1-5-21-14;17-9-3-4-14(12(19)6-9)21-15-7-10(11(18)8-13(15)20)16-2-1-5-22-16;14-6-1-2-11(9(16)3-6)20-12-4-7(13(18)19)8(15)5-10(12)17;2*6-5(7)4-2-1-3-8-4/h2*1-8,20H;1-5,17-19H;2*1-3,6-7H. The van der Waals surface area contributed by atoms with Gasteiger partial charge in [-0.15, -0.1) is 11.3 Å². The van der Waals surface area contributed by atoms with Gasteiger partial charge in [-0.25, -0.2) is 0 Å². The minimum absolute atomic E-state index is 0.00422. The Morgan fingerprint density at radius 1 is 0.362 bits per heavy atom. The predicted molar refractivity (Wildman–Crippen MR) is 328 cm³/mol. The molecule has 412 valence electrons. The number of ether oxygens (including phenoxy) is 3. The first-order valence-electron chi connectivity index (χ1n) is 22.3. The average molecular weight is 1320 g/mol. The Hall–Kier alpha value is -4.94. The predicted octanol–water partition coefficient (Wildman–Crippen LogP) is 15.0. The van der Waals surface area contributed by atoms with Crippen LogP contribution in [0.25, 0.3) is 21.8 Å². The zero-order valence-electron chi connectivity index (χ0n) is 40.1. The van der Waals surface area contributed by atoms with Crippen LogP contribution in [-0.2, 0) is 0 Å². The lowest BCUT2D eigenvalue weighted by Crippen LogP contribution is -2.30. The van der Waals surface area contributed by atoms with Crippen molar-refractivity contribution in [3.05, 3.63) is 207 Å². The van der Waals surface area contributed by atoms with Crippen LogP contribution in [0.2, 0.25) is 45.2 Å². The molecule has 0 aliphatic carbocycles. The minimum atomic E-state index is -1.79. The molecule has 0 radical (unpaired) electrons. The summed E-state index contributed by atoms with van der Waals surface area (Å²) < 4.78 is 23.3. The summed E-state index contributed by atoms with van der Waals surface area (Å²) in [5.41, 5.74) is 1.39. The first kappa shape index (κ1) is 64.2. The maximum absolute atomic E-state index is 10.0. The molecule has 0 unspecified atom stereocenters. The number of furan rings is 1. The van der Waals surface area contributed by atoms with Gasteiger partial charge in [-0.2, -0.15) is 22.7 Å². The van der Waals surface area contributed by atoms with Gasteiger partial charge in [0, 0.05) is 69.3 Å². The fourth-order valence-corrected chi connectivity index (χ4v) is 10.3. The molecule has 28 heteroatoms. The molecule has 4 heterocycles. The van der Waals surface area contributed by atoms with Crippen LogP contribution in [0, 0.1) is 0 Å². The monoisotopic (exact) mass is 1310 g/mol. The molecule has 10 aromatic rings. The van der Waals surface area contributed by atoms with E-state index < -0.39 is 21.4 Å². The molecule has 0 saturated heterocycles. The largest absolute Gasteiger partial charge is 0.504 e. The van der Waals surface area contributed by atoms with E-state index in [0.29, 0.717) is 67.5 Å². The van der Waals surface area contributed by atoms with Crippen LogP contribution < -0.4 is 29.2 Å². The van der Waals surface area contributed by atoms with Gasteiger partial charge < -0.3 is 64.1 Å². The smallest absolute Gasteiger partial charge is 0.499 e. The lowest BCUT2D eigenvalue weighted by atomic mass is 9.80. The number of halogens is 9. The molecular weight excluding hydrogens is 1280 g/mol. The van der Waals surface area contributed by atoms with Crippen molar-refractivity contribution in [3.8, 4) is 73.5 Å². The topological polar surface area (TPSA) is 223 Å². The highest BCUT2D eigenvalue weighted by atomic mass is 35.5. The number of phenols is 3. The summed E-state index contributed by atoms with van der Waals surface area (Å²) in [5.74, 6) is 1.64. The summed E-state index contributed by atoms with van der Waals surface area (Å²) in [4.78, 5) is 0.983. The molecule has 13 nitrogen and oxygen atoms in total. The Morgan fingerprint density at radius 2 is 0.762 bits per heavy atom. The maximum atomic E-state index is 10.0. The highest BCUT2D eigenvalue weighted by Crippen LogP contribution is 2.44. The molecule has 80 heavy (non-hydrogen) atoms. The summed E-state index contributed by atoms with van der Waals surface area (Å²) in [5, 5.41) is 90.8. The summed E-state index contributed by atoms with van der Waals surface area (Å²) in [7, 11) is -4.38. The van der Waals surface area contributed by atoms with Crippen LogP contribution in [0.3, 0.4) is 0 Å². The maximum Gasteiger partial charge on any atom is 0.499 e. The minimum Gasteiger partial charge on any atom is -0.504 e. The van der Waals surface area contributed by atoms with Crippen LogP contribution in [0.4, 0.5) is 0 Å². The number of rotatable bonds is 11. The number of aromatic hydroxyl groups is 3. The van der Waals surface area contributed by atoms with E-state index in [2.05, 4.69) is 0 Å². The molecule has 0 amide bonds. The lowest BCUT2D eigenvalue weighted by molar-refractivity contribution is 0.409. The molecule has 0 aliphatic rings. The quantitative estimate of drug-likeness (QED) is 0.0551. The van der Waals surface area contributed by atoms with Crippen molar-refractivity contribution < 1.29 is 64.1 Å². The molecule has 0 bridgehead atoms. The van der Waals surface area contributed by atoms with Crippen LogP contribution >= 0.6 is 138 Å². The van der Waals surface area contributed by atoms with Crippen molar-refractivity contribution in [2.45, 2.75) is 0 Å². The van der Waals surface area contributed by atoms with Crippen molar-refractivity contribution in [1.82, 2.24) is 0 Å². The number of hydrogen-bond donors (Lipinski definition) is 9. The third-order valence-corrected chi connectivity index (χ3v) is 15.2. The Balaban J connectivity index is 0.000000170. The average Bonchev–Trinajstić information content (AvgIpc) is 4.32. The highest BCUT2D eigenvalue weighted by molar-refractivity contribution is 7.20. The van der Waals surface area contributed by atoms with Crippen LogP contribution in [0.1, 0.15) is 0 Å². The third kappa shape index (κ3) is 18.8. The van der Waals surface area contributed by atoms with Crippen LogP contribution in [0.5, 0.6) is 51.7 Å². The number of phenolic OH excluding ortho intramolecular Hbond substituents is 3. The fraction of sp³-hybridized carbons (Fsp3) is 0. The van der Waals surface area contributed by atoms with Gasteiger partial charge in [-0.1, -0.05) is 135 Å². The zero-order chi connectivity index (χ0) is 58.2. The van der Waals surface area contributed by atoms with Gasteiger partial charge in [-0.05, 0) is 107 Å². The second kappa shape index (κ2) is 30.9. The van der Waals surface area contributed by atoms with Crippen molar-refractivity contribution >= 4 is 175 Å². The van der Waals surface area contributed by atoms with Crippen molar-refractivity contribution in [3.63, 3.8) is 0 Å². The molecule has 9 N–H and O–H groups in total. The van der Waals surface area contributed by atoms with E-state index in [0.717, 1.165) is 16.5 Å². The Bertz CT molecular complexity index is 3410. The van der Waals surface area contributed by atoms with Gasteiger partial charge in [0.25, 0.3) is 0 Å². The summed E-state index contributed by atoms with van der Waals surface area (Å²) in [6.45, 7) is 0. The summed E-state index contributed by atoms with van der Waals surface area (Å²) in [6, 6.07) is 37.0. The third-order valence-electron chi connectivity index (χ3n) is 9.96. The van der Waals surface area contributed by atoms with E-state index >= 15 is 0 Å². The molecule has 0 atom stereocenters. The lowest BCUT2D eigenvalue weighted by Gasteiger charge is -2.12. The summed E-state index contributed by atoms with van der Waals surface area (Å²) >= 11 is 57.9. The van der Waals surface area contributed by atoms with Gasteiger partial charge in [0.15, 0.2) is 34.5 Å². The molecular formula is C52H36B3Cl9O13S3. The van der Waals surface area contributed by atoms with Crippen LogP contribution in [-0.4, -0.2) is 66.8 Å². The first-order valence-corrected chi connectivity index (χ1v) is 28.3. The van der Waals surface area contributed by atoms with Gasteiger partial charge in [0.1, 0.15) is 23.0 Å². The SMILES string of the molecule is OB(O)c1cc(Oc2ccc(Cl)cc2Cl)c(O)cc1Cl.OB(O)c1cccs1.OB(O)c1cccs1.Oc1cc(Cl)c(-c2ccco2)cc1Oc1ccc(Cl)cc1Cl.Oc1cc(Cl)c(-c2cccs2)cc1Oc1ccc(Cl)cc1Cl. The van der Waals surface area contributed by atoms with Gasteiger partial charge in [0.05, 0.1) is 31.4 Å². The number of hydrogen-bond acceptors (Lipinski definition) is 16. The molecule has 0 fully saturated rings. The van der Waals surface area contributed by atoms with E-state index in [4.69, 9.17) is 153 Å². The Labute approximate surface area is 515 Å². The number of benzene rings is 6. The van der Waals surface area contributed by atoms with Crippen LogP contribution in [0.15, 0.2) is 166 Å². The summed E-state index contributed by atoms with van der Waals surface area (Å²) in [6.07, 6.45) is 1.54. The molecule has 0 saturated carbocycles. The Morgan fingerprint density at radius 3 is 1.11 bits per heavy atom. The van der Waals surface area contributed by atoms with Crippen molar-refractivity contribution in [2.75, 3.05) is 0 Å². The molecule has 10 rings (SSSR count). The second-order valence-corrected chi connectivity index (χ2v) is 22.2. The zero-order valence-corrected chi connectivity index (χ0v) is 49.4. The van der Waals surface area contributed by atoms with Crippen molar-refractivity contribution in [2.24, 2.45) is 0 Å². The fourth-order valence-electron chi connectivity index (χ4n) is 6.23. The number of thiophene rings is 3. The normalized spacial score (nSPS) is 10.3. The molecule has 0 spiro atoms. The second-order valence-electron chi connectivity index (χ2n) is 15.6. The molecule has 4 aromatic heterocycles. The molecule has 6 aromatic carbocycles. The van der Waals surface area contributed by atoms with E-state index in [-0.39, 0.29) is 55.8 Å². The van der Waals surface area contributed by atoms with E-state index in [1.165, 1.54) is 59.3 Å².